The number of carbonyl (C=O) groups excluding carboxylic acids is 2. The van der Waals surface area contributed by atoms with Crippen molar-refractivity contribution in [1.82, 2.24) is 9.88 Å². The molecule has 3 aromatic rings. The van der Waals surface area contributed by atoms with Gasteiger partial charge in [0.1, 0.15) is 18.1 Å². The van der Waals surface area contributed by atoms with Crippen LogP contribution in [0, 0.1) is 0 Å². The molecule has 3 heterocycles. The van der Waals surface area contributed by atoms with Crippen LogP contribution in [0.5, 0.6) is 5.75 Å². The van der Waals surface area contributed by atoms with Crippen LogP contribution in [0.25, 0.3) is 5.76 Å². The van der Waals surface area contributed by atoms with Crippen molar-refractivity contribution in [2.24, 2.45) is 0 Å². The summed E-state index contributed by atoms with van der Waals surface area (Å²) < 4.78 is 7.55. The Balaban J connectivity index is 1.63. The van der Waals surface area contributed by atoms with Crippen LogP contribution in [0.4, 0.5) is 0 Å². The topological polar surface area (TPSA) is 89.3 Å². The number of likely N-dealkylation sites (tertiary alicyclic amines) is 1. The van der Waals surface area contributed by atoms with E-state index in [4.69, 9.17) is 4.74 Å². The van der Waals surface area contributed by atoms with Gasteiger partial charge in [-0.15, -0.1) is 11.3 Å². The number of thiophene rings is 1. The maximum Gasteiger partial charge on any atom is 0.295 e. The van der Waals surface area contributed by atoms with Crippen molar-refractivity contribution >= 4 is 28.8 Å². The van der Waals surface area contributed by atoms with E-state index < -0.39 is 23.5 Å². The van der Waals surface area contributed by atoms with Gasteiger partial charge in [0.25, 0.3) is 5.91 Å². The highest BCUT2D eigenvalue weighted by atomic mass is 32.1. The fourth-order valence-corrected chi connectivity index (χ4v) is 4.65. The number of Topliss-reactive ketones (excluding diaryl/α,β-unsaturated/α-hetero) is 1. The number of nitrogens with zero attached hydrogens (tertiary/aromatic N) is 2. The van der Waals surface area contributed by atoms with Gasteiger partial charge in [-0.3, -0.25) is 14.6 Å². The lowest BCUT2D eigenvalue weighted by molar-refractivity contribution is -0.695. The van der Waals surface area contributed by atoms with Gasteiger partial charge in [0, 0.05) is 23.4 Å². The summed E-state index contributed by atoms with van der Waals surface area (Å²) in [6.07, 6.45) is 7.11. The summed E-state index contributed by atoms with van der Waals surface area (Å²) in [7, 11) is 0. The van der Waals surface area contributed by atoms with E-state index >= 15 is 0 Å². The molecule has 1 aromatic carbocycles. The molecular weight excluding hydrogens is 426 g/mol. The molecule has 4 rings (SSSR count). The van der Waals surface area contributed by atoms with E-state index in [1.807, 2.05) is 47.7 Å². The van der Waals surface area contributed by atoms with Gasteiger partial charge in [0.15, 0.2) is 0 Å². The van der Waals surface area contributed by atoms with E-state index in [1.54, 1.807) is 24.3 Å². The van der Waals surface area contributed by atoms with Gasteiger partial charge in [-0.25, -0.2) is 4.57 Å². The number of rotatable bonds is 9. The predicted octanol–water partition coefficient (Wildman–Crippen LogP) is 2.47. The van der Waals surface area contributed by atoms with Crippen molar-refractivity contribution < 1.29 is 24.0 Å². The van der Waals surface area contributed by atoms with E-state index in [2.05, 4.69) is 4.98 Å². The molecule has 0 bridgehead atoms. The SMILES string of the molecule is CCCOc1ccc(C([O-])=C2C(=O)C(=O)N(CCC[n+]3cc[nH]c3)C2c2cccs2)cc1. The average molecular weight is 452 g/mol. The maximum absolute atomic E-state index is 13.4. The third-order valence-corrected chi connectivity index (χ3v) is 6.27. The lowest BCUT2D eigenvalue weighted by Gasteiger charge is -2.26. The van der Waals surface area contributed by atoms with Crippen molar-refractivity contribution in [3.8, 4) is 5.75 Å². The molecule has 1 amide bonds. The van der Waals surface area contributed by atoms with E-state index in [0.717, 1.165) is 11.3 Å². The van der Waals surface area contributed by atoms with Crippen LogP contribution in [-0.2, 0) is 16.1 Å². The van der Waals surface area contributed by atoms with Crippen LogP contribution in [0.2, 0.25) is 0 Å². The molecule has 166 valence electrons. The fourth-order valence-electron chi connectivity index (χ4n) is 3.80. The third-order valence-electron chi connectivity index (χ3n) is 5.35. The zero-order chi connectivity index (χ0) is 22.5. The molecule has 0 spiro atoms. The third kappa shape index (κ3) is 4.45. The molecule has 1 saturated heterocycles. The number of imidazole rings is 1. The van der Waals surface area contributed by atoms with Gasteiger partial charge in [-0.05, 0) is 35.6 Å². The fraction of sp³-hybridized carbons (Fsp3) is 0.292. The van der Waals surface area contributed by atoms with Crippen LogP contribution >= 0.6 is 11.3 Å². The largest absolute Gasteiger partial charge is 0.872 e. The summed E-state index contributed by atoms with van der Waals surface area (Å²) in [6.45, 7) is 3.69. The molecule has 0 saturated carbocycles. The molecule has 1 N–H and O–H groups in total. The Hall–Kier alpha value is -3.39. The smallest absolute Gasteiger partial charge is 0.295 e. The second-order valence-corrected chi connectivity index (χ2v) is 8.54. The summed E-state index contributed by atoms with van der Waals surface area (Å²) in [5, 5.41) is 15.2. The monoisotopic (exact) mass is 451 g/mol. The molecule has 1 aliphatic heterocycles. The highest BCUT2D eigenvalue weighted by molar-refractivity contribution is 7.10. The highest BCUT2D eigenvalue weighted by Crippen LogP contribution is 2.40. The number of carbonyl (C=O) groups is 2. The van der Waals surface area contributed by atoms with Crippen molar-refractivity contribution in [3.63, 3.8) is 0 Å². The molecular formula is C24H25N3O4S. The zero-order valence-electron chi connectivity index (χ0n) is 17.8. The normalized spacial score (nSPS) is 17.8. The van der Waals surface area contributed by atoms with E-state index in [1.165, 1.54) is 16.2 Å². The summed E-state index contributed by atoms with van der Waals surface area (Å²) in [5.74, 6) is -1.07. The minimum absolute atomic E-state index is 0.0222. The van der Waals surface area contributed by atoms with Crippen LogP contribution in [0.3, 0.4) is 0 Å². The number of hydrogen-bond acceptors (Lipinski definition) is 5. The molecule has 32 heavy (non-hydrogen) atoms. The Morgan fingerprint density at radius 1 is 1.25 bits per heavy atom. The summed E-state index contributed by atoms with van der Waals surface area (Å²) >= 11 is 1.44. The minimum Gasteiger partial charge on any atom is -0.872 e. The first kappa shape index (κ1) is 21.8. The summed E-state index contributed by atoms with van der Waals surface area (Å²) in [4.78, 5) is 31.2. The number of H-pyrrole nitrogens is 1. The second kappa shape index (κ2) is 9.82. The number of nitrogens with one attached hydrogen (secondary N) is 1. The number of ketones is 1. The summed E-state index contributed by atoms with van der Waals surface area (Å²) in [6, 6.07) is 9.80. The van der Waals surface area contributed by atoms with Crippen LogP contribution < -0.4 is 14.4 Å². The minimum atomic E-state index is -0.714. The second-order valence-electron chi connectivity index (χ2n) is 7.56. The van der Waals surface area contributed by atoms with Crippen LogP contribution in [0.1, 0.15) is 36.2 Å². The molecule has 1 atom stereocenters. The van der Waals surface area contributed by atoms with Gasteiger partial charge < -0.3 is 14.7 Å². The van der Waals surface area contributed by atoms with Crippen molar-refractivity contribution in [3.05, 3.63) is 76.5 Å². The molecule has 1 unspecified atom stereocenters. The number of aryl methyl sites for hydroxylation is 1. The van der Waals surface area contributed by atoms with E-state index in [9.17, 15) is 14.7 Å². The number of aromatic nitrogens is 2. The van der Waals surface area contributed by atoms with Crippen molar-refractivity contribution in [1.29, 1.82) is 0 Å². The van der Waals surface area contributed by atoms with Gasteiger partial charge in [-0.1, -0.05) is 30.9 Å². The van der Waals surface area contributed by atoms with Crippen LogP contribution in [-0.4, -0.2) is 34.7 Å². The molecule has 1 aliphatic rings. The predicted molar refractivity (Wildman–Crippen MR) is 119 cm³/mol. The van der Waals surface area contributed by atoms with Gasteiger partial charge in [-0.2, -0.15) is 0 Å². The van der Waals surface area contributed by atoms with E-state index in [-0.39, 0.29) is 5.57 Å². The molecule has 2 aromatic heterocycles. The quantitative estimate of drug-likeness (QED) is 0.234. The summed E-state index contributed by atoms with van der Waals surface area (Å²) in [5.41, 5.74) is 0.394. The highest BCUT2D eigenvalue weighted by Gasteiger charge is 2.44. The standard InChI is InChI=1S/C24H25N3O4S/c1-2-14-31-18-8-6-17(7-9-18)22(28)20-21(19-5-3-15-32-19)27(24(30)23(20)29)12-4-11-26-13-10-25-16-26/h3,5-10,13,15-16,21H,2,4,11-12,14H2,1H3,(H,28,29). The van der Waals surface area contributed by atoms with E-state index in [0.29, 0.717) is 37.4 Å². The molecule has 1 fully saturated rings. The van der Waals surface area contributed by atoms with Gasteiger partial charge in [0.05, 0.1) is 19.2 Å². The van der Waals surface area contributed by atoms with Crippen molar-refractivity contribution in [2.45, 2.75) is 32.4 Å². The lowest BCUT2D eigenvalue weighted by atomic mass is 10.00. The Kier molecular flexibility index (Phi) is 6.70. The zero-order valence-corrected chi connectivity index (χ0v) is 18.6. The Morgan fingerprint density at radius 3 is 2.72 bits per heavy atom. The molecule has 8 heteroatoms. The lowest BCUT2D eigenvalue weighted by Crippen LogP contribution is -2.35. The van der Waals surface area contributed by atoms with Crippen molar-refractivity contribution in [2.75, 3.05) is 13.2 Å². The number of benzene rings is 1. The Morgan fingerprint density at radius 2 is 2.06 bits per heavy atom. The van der Waals surface area contributed by atoms with Crippen LogP contribution in [0.15, 0.2) is 66.1 Å². The number of hydrogen-bond donors (Lipinski definition) is 1. The number of ether oxygens (including phenoxy) is 1. The first-order valence-corrected chi connectivity index (χ1v) is 11.5. The number of amides is 1. The maximum atomic E-state index is 13.4. The van der Waals surface area contributed by atoms with Gasteiger partial charge in [0.2, 0.25) is 12.1 Å². The van der Waals surface area contributed by atoms with Gasteiger partial charge >= 0.3 is 0 Å². The number of aromatic amines is 1. The Labute approximate surface area is 190 Å². The molecule has 7 nitrogen and oxygen atoms in total. The molecule has 0 radical (unpaired) electrons. The molecule has 0 aliphatic carbocycles. The Bertz CT molecular complexity index is 1090. The first-order chi connectivity index (χ1) is 15.6. The first-order valence-electron chi connectivity index (χ1n) is 10.6. The average Bonchev–Trinajstić information content (AvgIpc) is 3.56.